The van der Waals surface area contributed by atoms with Gasteiger partial charge in [-0.2, -0.15) is 18.6 Å². The van der Waals surface area contributed by atoms with Crippen molar-refractivity contribution in [3.05, 3.63) is 48.0 Å². The van der Waals surface area contributed by atoms with Gasteiger partial charge in [-0.25, -0.2) is 13.7 Å². The number of hydrogen-bond donors (Lipinski definition) is 3. The van der Waals surface area contributed by atoms with E-state index >= 15 is 0 Å². The molecule has 0 radical (unpaired) electrons. The predicted octanol–water partition coefficient (Wildman–Crippen LogP) is 3.44. The zero-order valence-electron chi connectivity index (χ0n) is 16.0. The fraction of sp³-hybridized carbons (Fsp3) is 0.250. The highest BCUT2D eigenvalue weighted by molar-refractivity contribution is 7.91. The van der Waals surface area contributed by atoms with E-state index in [1.54, 1.807) is 25.1 Å². The Balaban J connectivity index is 1.99. The second-order valence-corrected chi connectivity index (χ2v) is 10.0. The number of azo groups is 1. The van der Waals surface area contributed by atoms with Gasteiger partial charge in [-0.3, -0.25) is 8.74 Å². The fourth-order valence-electron chi connectivity index (χ4n) is 2.21. The van der Waals surface area contributed by atoms with Crippen LogP contribution in [-0.4, -0.2) is 44.9 Å². The molecule has 12 nitrogen and oxygen atoms in total. The minimum Gasteiger partial charge on any atom is -0.370 e. The lowest BCUT2D eigenvalue weighted by Crippen LogP contribution is -2.12. The van der Waals surface area contributed by atoms with Gasteiger partial charge < -0.3 is 5.32 Å². The smallest absolute Gasteiger partial charge is 0.283 e. The monoisotopic (exact) mass is 493 g/mol. The van der Waals surface area contributed by atoms with Gasteiger partial charge in [-0.15, -0.1) is 4.33 Å². The average molecular weight is 494 g/mol. The Kier molecular flexibility index (Phi) is 9.32. The summed E-state index contributed by atoms with van der Waals surface area (Å²) < 4.78 is 63.5. The molecule has 0 unspecified atom stereocenters. The lowest BCUT2D eigenvalue weighted by atomic mass is 10.2. The quantitative estimate of drug-likeness (QED) is 0.0986. The highest BCUT2D eigenvalue weighted by atomic mass is 32.2. The number of hydrogen-bond acceptors (Lipinski definition) is 12. The standard InChI is InChI=1S/C16H19N3O9S3/c1-12-10-14(17-11-31(23,24)25)4-7-16(12)19-18-13-2-5-15(6-3-13)30(21,22)9-8-26-29-28-27-20/h2-7,10,17,20H,8-9,11H2,1H3,(H,23,24,25). The van der Waals surface area contributed by atoms with Gasteiger partial charge in [0.1, 0.15) is 5.88 Å². The van der Waals surface area contributed by atoms with Crippen molar-refractivity contribution in [2.24, 2.45) is 10.2 Å². The number of sulfone groups is 1. The number of aryl methyl sites for hydroxylation is 1. The Hall–Kier alpha value is -2.11. The van der Waals surface area contributed by atoms with Crippen LogP contribution in [0, 0.1) is 6.92 Å². The molecule has 2 aromatic rings. The number of rotatable bonds is 12. The van der Waals surface area contributed by atoms with Crippen molar-refractivity contribution in [1.82, 2.24) is 0 Å². The Morgan fingerprint density at radius 1 is 1.06 bits per heavy atom. The third kappa shape index (κ3) is 8.88. The van der Waals surface area contributed by atoms with Gasteiger partial charge in [0.25, 0.3) is 10.1 Å². The van der Waals surface area contributed by atoms with Crippen molar-refractivity contribution < 1.29 is 40.2 Å². The molecule has 2 rings (SSSR count). The molecule has 31 heavy (non-hydrogen) atoms. The van der Waals surface area contributed by atoms with Crippen LogP contribution in [0.15, 0.2) is 57.6 Å². The van der Waals surface area contributed by atoms with Crippen LogP contribution < -0.4 is 5.32 Å². The van der Waals surface area contributed by atoms with Gasteiger partial charge in [0.2, 0.25) is 0 Å². The first kappa shape index (κ1) is 25.2. The SMILES string of the molecule is Cc1cc(NCS(=O)(=O)O)ccc1N=Nc1ccc(S(=O)(=O)CCOSOOO)cc1. The second kappa shape index (κ2) is 11.5. The van der Waals surface area contributed by atoms with E-state index in [1.807, 2.05) is 0 Å². The van der Waals surface area contributed by atoms with E-state index in [2.05, 4.69) is 24.9 Å². The maximum Gasteiger partial charge on any atom is 0.283 e. The molecule has 0 heterocycles. The van der Waals surface area contributed by atoms with E-state index in [4.69, 9.17) is 14.0 Å². The summed E-state index contributed by atoms with van der Waals surface area (Å²) in [4.78, 5) is 0.0739. The molecular formula is C16H19N3O9S3. The zero-order chi connectivity index (χ0) is 22.9. The van der Waals surface area contributed by atoms with Gasteiger partial charge in [-0.05, 0) is 55.0 Å². The van der Waals surface area contributed by atoms with Crippen molar-refractivity contribution in [2.75, 3.05) is 23.6 Å². The van der Waals surface area contributed by atoms with Gasteiger partial charge in [0.05, 0.1) is 28.6 Å². The van der Waals surface area contributed by atoms with Gasteiger partial charge in [0.15, 0.2) is 22.2 Å². The highest BCUT2D eigenvalue weighted by Gasteiger charge is 2.14. The molecule has 0 aliphatic heterocycles. The van der Waals surface area contributed by atoms with Gasteiger partial charge in [-0.1, -0.05) is 5.04 Å². The molecule has 0 saturated heterocycles. The zero-order valence-corrected chi connectivity index (χ0v) is 18.5. The molecule has 3 N–H and O–H groups in total. The summed E-state index contributed by atoms with van der Waals surface area (Å²) in [7, 11) is -7.73. The number of nitrogens with zero attached hydrogens (tertiary/aromatic N) is 2. The highest BCUT2D eigenvalue weighted by Crippen LogP contribution is 2.25. The molecule has 0 aliphatic rings. The third-order valence-electron chi connectivity index (χ3n) is 3.67. The van der Waals surface area contributed by atoms with E-state index < -0.39 is 25.8 Å². The van der Waals surface area contributed by atoms with Crippen LogP contribution in [0.1, 0.15) is 5.56 Å². The molecule has 0 fully saturated rings. The van der Waals surface area contributed by atoms with Crippen molar-refractivity contribution in [2.45, 2.75) is 11.8 Å². The Labute approximate surface area is 183 Å². The molecule has 0 spiro atoms. The molecule has 2 aromatic carbocycles. The largest absolute Gasteiger partial charge is 0.370 e. The maximum atomic E-state index is 12.2. The van der Waals surface area contributed by atoms with Crippen LogP contribution in [0.5, 0.6) is 0 Å². The summed E-state index contributed by atoms with van der Waals surface area (Å²) >= 11 is 0.296. The average Bonchev–Trinajstić information content (AvgIpc) is 2.71. The molecule has 170 valence electrons. The van der Waals surface area contributed by atoms with Crippen LogP contribution in [0.25, 0.3) is 0 Å². The Morgan fingerprint density at radius 3 is 2.39 bits per heavy atom. The van der Waals surface area contributed by atoms with Crippen LogP contribution in [-0.2, 0) is 33.5 Å². The summed E-state index contributed by atoms with van der Waals surface area (Å²) in [5.41, 5.74) is 2.14. The molecular weight excluding hydrogens is 474 g/mol. The Bertz CT molecular complexity index is 1100. The first-order valence-electron chi connectivity index (χ1n) is 8.41. The van der Waals surface area contributed by atoms with Crippen molar-refractivity contribution in [1.29, 1.82) is 0 Å². The summed E-state index contributed by atoms with van der Waals surface area (Å²) in [5.74, 6) is -0.925. The lowest BCUT2D eigenvalue weighted by Gasteiger charge is -2.07. The molecule has 0 saturated carbocycles. The Morgan fingerprint density at radius 2 is 1.77 bits per heavy atom. The molecule has 0 amide bonds. The van der Waals surface area contributed by atoms with Gasteiger partial charge >= 0.3 is 0 Å². The third-order valence-corrected chi connectivity index (χ3v) is 6.25. The fourth-order valence-corrected chi connectivity index (χ4v) is 3.97. The molecule has 0 aromatic heterocycles. The van der Waals surface area contributed by atoms with E-state index in [9.17, 15) is 16.8 Å². The maximum absolute atomic E-state index is 12.2. The van der Waals surface area contributed by atoms with E-state index in [0.29, 0.717) is 34.9 Å². The van der Waals surface area contributed by atoms with E-state index in [0.717, 1.165) is 0 Å². The topological polar surface area (TPSA) is 173 Å². The number of anilines is 1. The van der Waals surface area contributed by atoms with Crippen molar-refractivity contribution in [3.8, 4) is 0 Å². The van der Waals surface area contributed by atoms with E-state index in [1.165, 1.54) is 24.3 Å². The molecule has 0 atom stereocenters. The predicted molar refractivity (Wildman–Crippen MR) is 112 cm³/mol. The summed E-state index contributed by atoms with van der Waals surface area (Å²) in [6, 6.07) is 10.6. The van der Waals surface area contributed by atoms with Gasteiger partial charge in [0, 0.05) is 5.69 Å². The molecule has 15 heteroatoms. The summed E-state index contributed by atoms with van der Waals surface area (Å²) in [6.45, 7) is 1.56. The van der Waals surface area contributed by atoms with E-state index in [-0.39, 0.29) is 17.3 Å². The number of benzene rings is 2. The van der Waals surface area contributed by atoms with Crippen molar-refractivity contribution >= 4 is 49.3 Å². The summed E-state index contributed by atoms with van der Waals surface area (Å²) in [5, 5.41) is 22.0. The number of nitrogens with one attached hydrogen (secondary N) is 1. The summed E-state index contributed by atoms with van der Waals surface area (Å²) in [6.07, 6.45) is 0. The van der Waals surface area contributed by atoms with Crippen molar-refractivity contribution in [3.63, 3.8) is 0 Å². The minimum atomic E-state index is -4.14. The molecule has 0 bridgehead atoms. The van der Waals surface area contributed by atoms with Crippen LogP contribution >= 0.6 is 12.3 Å². The molecule has 0 aliphatic carbocycles. The first-order chi connectivity index (χ1) is 14.6. The van der Waals surface area contributed by atoms with Crippen LogP contribution in [0.2, 0.25) is 0 Å². The van der Waals surface area contributed by atoms with Crippen LogP contribution in [0.4, 0.5) is 17.1 Å². The minimum absolute atomic E-state index is 0.0739. The first-order valence-corrected chi connectivity index (χ1v) is 12.3. The van der Waals surface area contributed by atoms with Crippen LogP contribution in [0.3, 0.4) is 0 Å². The lowest BCUT2D eigenvalue weighted by molar-refractivity contribution is -0.434. The normalized spacial score (nSPS) is 12.4. The second-order valence-electron chi connectivity index (χ2n) is 5.95.